The maximum atomic E-state index is 12.8. The Morgan fingerprint density at radius 2 is 1.96 bits per heavy atom. The first-order valence-electron chi connectivity index (χ1n) is 8.17. The molecule has 1 N–H and O–H groups in total. The van der Waals surface area contributed by atoms with E-state index < -0.39 is 0 Å². The minimum atomic E-state index is -0.220. The van der Waals surface area contributed by atoms with Crippen molar-refractivity contribution < 1.29 is 9.21 Å². The van der Waals surface area contributed by atoms with E-state index in [0.717, 1.165) is 11.3 Å². The number of nitrogens with zero attached hydrogens (tertiary/aromatic N) is 3. The van der Waals surface area contributed by atoms with Crippen molar-refractivity contribution in [3.05, 3.63) is 90.8 Å². The quantitative estimate of drug-likeness (QED) is 0.602. The van der Waals surface area contributed by atoms with Crippen molar-refractivity contribution in [2.45, 2.75) is 6.54 Å². The first-order valence-corrected chi connectivity index (χ1v) is 8.17. The predicted molar refractivity (Wildman–Crippen MR) is 96.7 cm³/mol. The second-order valence-corrected chi connectivity index (χ2v) is 5.68. The zero-order valence-electron chi connectivity index (χ0n) is 13.9. The Labute approximate surface area is 150 Å². The minimum Gasteiger partial charge on any atom is -0.467 e. The highest BCUT2D eigenvalue weighted by molar-refractivity contribution is 5.99. The fraction of sp³-hybridized carbons (Fsp3) is 0.0500. The van der Waals surface area contributed by atoms with Crippen LogP contribution in [0.3, 0.4) is 0 Å². The summed E-state index contributed by atoms with van der Waals surface area (Å²) in [7, 11) is 0. The molecule has 0 atom stereocenters. The van der Waals surface area contributed by atoms with E-state index in [-0.39, 0.29) is 5.91 Å². The number of para-hydroxylation sites is 1. The largest absolute Gasteiger partial charge is 0.467 e. The average molecular weight is 344 g/mol. The molecule has 0 spiro atoms. The number of amides is 1. The van der Waals surface area contributed by atoms with Crippen LogP contribution in [0.15, 0.2) is 83.9 Å². The maximum Gasteiger partial charge on any atom is 0.255 e. The van der Waals surface area contributed by atoms with Gasteiger partial charge in [0.2, 0.25) is 0 Å². The van der Waals surface area contributed by atoms with E-state index in [4.69, 9.17) is 4.42 Å². The van der Waals surface area contributed by atoms with Gasteiger partial charge in [-0.3, -0.25) is 9.78 Å². The summed E-state index contributed by atoms with van der Waals surface area (Å²) in [4.78, 5) is 16.9. The van der Waals surface area contributed by atoms with E-state index in [0.29, 0.717) is 23.6 Å². The zero-order chi connectivity index (χ0) is 17.8. The lowest BCUT2D eigenvalue weighted by atomic mass is 10.1. The molecule has 1 amide bonds. The topological polar surface area (TPSA) is 73.0 Å². The molecular formula is C20H16N4O2. The number of rotatable bonds is 5. The molecule has 3 heterocycles. The summed E-state index contributed by atoms with van der Waals surface area (Å²) < 4.78 is 6.96. The lowest BCUT2D eigenvalue weighted by Crippen LogP contribution is -2.22. The molecule has 0 aliphatic rings. The summed E-state index contributed by atoms with van der Waals surface area (Å²) in [6, 6.07) is 17.0. The summed E-state index contributed by atoms with van der Waals surface area (Å²) in [5.74, 6) is 0.471. The number of furan rings is 1. The summed E-state index contributed by atoms with van der Waals surface area (Å²) in [5.41, 5.74) is 2.72. The maximum absolute atomic E-state index is 12.8. The van der Waals surface area contributed by atoms with E-state index in [9.17, 15) is 4.79 Å². The SMILES string of the molecule is O=C(NCc1ccco1)c1cn(-c2ccccc2)nc1-c1cccnc1. The first kappa shape index (κ1) is 15.8. The Hall–Kier alpha value is -3.67. The third-order valence-corrected chi connectivity index (χ3v) is 3.92. The molecule has 1 aromatic carbocycles. The van der Waals surface area contributed by atoms with Crippen LogP contribution in [0, 0.1) is 0 Å². The summed E-state index contributed by atoms with van der Waals surface area (Å²) >= 11 is 0. The second kappa shape index (κ2) is 7.06. The lowest BCUT2D eigenvalue weighted by molar-refractivity contribution is 0.0948. The highest BCUT2D eigenvalue weighted by Gasteiger charge is 2.19. The van der Waals surface area contributed by atoms with E-state index in [1.165, 1.54) is 0 Å². The van der Waals surface area contributed by atoms with Gasteiger partial charge in [0.05, 0.1) is 24.1 Å². The van der Waals surface area contributed by atoms with Crippen molar-refractivity contribution in [2.75, 3.05) is 0 Å². The molecule has 3 aromatic heterocycles. The van der Waals surface area contributed by atoms with Crippen LogP contribution >= 0.6 is 0 Å². The molecule has 4 aromatic rings. The Morgan fingerprint density at radius 1 is 1.08 bits per heavy atom. The third kappa shape index (κ3) is 3.25. The average Bonchev–Trinajstić information content (AvgIpc) is 3.37. The van der Waals surface area contributed by atoms with Crippen LogP contribution in [0.4, 0.5) is 0 Å². The van der Waals surface area contributed by atoms with Crippen molar-refractivity contribution in [1.82, 2.24) is 20.1 Å². The molecule has 0 saturated heterocycles. The Kier molecular flexibility index (Phi) is 4.30. The molecule has 6 heteroatoms. The lowest BCUT2D eigenvalue weighted by Gasteiger charge is -2.03. The number of carbonyl (C=O) groups is 1. The van der Waals surface area contributed by atoms with E-state index in [2.05, 4.69) is 15.4 Å². The normalized spacial score (nSPS) is 10.6. The Balaban J connectivity index is 1.69. The minimum absolute atomic E-state index is 0.220. The van der Waals surface area contributed by atoms with E-state index >= 15 is 0 Å². The van der Waals surface area contributed by atoms with Gasteiger partial charge in [-0.15, -0.1) is 0 Å². The smallest absolute Gasteiger partial charge is 0.255 e. The van der Waals surface area contributed by atoms with Gasteiger partial charge in [-0.1, -0.05) is 18.2 Å². The van der Waals surface area contributed by atoms with Gasteiger partial charge < -0.3 is 9.73 Å². The van der Waals surface area contributed by atoms with Gasteiger partial charge in [0.1, 0.15) is 11.5 Å². The molecule has 0 unspecified atom stereocenters. The number of benzene rings is 1. The van der Waals surface area contributed by atoms with Crippen LogP contribution < -0.4 is 5.32 Å². The molecule has 4 rings (SSSR count). The summed E-state index contributed by atoms with van der Waals surface area (Å²) in [6.45, 7) is 0.314. The van der Waals surface area contributed by atoms with Gasteiger partial charge in [0, 0.05) is 24.2 Å². The molecule has 0 aliphatic carbocycles. The number of pyridine rings is 1. The number of hydrogen-bond donors (Lipinski definition) is 1. The van der Waals surface area contributed by atoms with Crippen LogP contribution in [0.1, 0.15) is 16.1 Å². The van der Waals surface area contributed by atoms with Crippen molar-refractivity contribution in [3.63, 3.8) is 0 Å². The molecule has 0 bridgehead atoms. The van der Waals surface area contributed by atoms with Gasteiger partial charge >= 0.3 is 0 Å². The van der Waals surface area contributed by atoms with Crippen LogP contribution in [0.25, 0.3) is 16.9 Å². The van der Waals surface area contributed by atoms with Crippen molar-refractivity contribution in [1.29, 1.82) is 0 Å². The molecule has 0 saturated carbocycles. The monoisotopic (exact) mass is 344 g/mol. The first-order chi connectivity index (χ1) is 12.8. The predicted octanol–water partition coefficient (Wildman–Crippen LogP) is 3.46. The molecule has 6 nitrogen and oxygen atoms in total. The molecule has 0 radical (unpaired) electrons. The number of nitrogens with one attached hydrogen (secondary N) is 1. The van der Waals surface area contributed by atoms with E-state index in [1.807, 2.05) is 48.5 Å². The van der Waals surface area contributed by atoms with Crippen LogP contribution in [-0.2, 0) is 6.54 Å². The summed E-state index contributed by atoms with van der Waals surface area (Å²) in [5, 5.41) is 7.48. The highest BCUT2D eigenvalue weighted by Crippen LogP contribution is 2.23. The van der Waals surface area contributed by atoms with Gasteiger partial charge in [-0.05, 0) is 36.4 Å². The van der Waals surface area contributed by atoms with E-state index in [1.54, 1.807) is 35.6 Å². The fourth-order valence-electron chi connectivity index (χ4n) is 2.64. The Morgan fingerprint density at radius 3 is 2.69 bits per heavy atom. The molecule has 0 aliphatic heterocycles. The van der Waals surface area contributed by atoms with Gasteiger partial charge in [0.25, 0.3) is 5.91 Å². The highest BCUT2D eigenvalue weighted by atomic mass is 16.3. The molecule has 128 valence electrons. The fourth-order valence-corrected chi connectivity index (χ4v) is 2.64. The van der Waals surface area contributed by atoms with Crippen LogP contribution in [0.5, 0.6) is 0 Å². The van der Waals surface area contributed by atoms with Crippen LogP contribution in [0.2, 0.25) is 0 Å². The number of carbonyl (C=O) groups excluding carboxylic acids is 1. The molecular weight excluding hydrogens is 328 g/mol. The van der Waals surface area contributed by atoms with Gasteiger partial charge in [0.15, 0.2) is 0 Å². The van der Waals surface area contributed by atoms with Gasteiger partial charge in [-0.2, -0.15) is 5.10 Å². The van der Waals surface area contributed by atoms with Gasteiger partial charge in [-0.25, -0.2) is 4.68 Å². The van der Waals surface area contributed by atoms with Crippen molar-refractivity contribution in [2.24, 2.45) is 0 Å². The van der Waals surface area contributed by atoms with Crippen molar-refractivity contribution in [3.8, 4) is 16.9 Å². The van der Waals surface area contributed by atoms with Crippen molar-refractivity contribution >= 4 is 5.91 Å². The summed E-state index contributed by atoms with van der Waals surface area (Å²) in [6.07, 6.45) is 6.69. The molecule has 26 heavy (non-hydrogen) atoms. The standard InChI is InChI=1S/C20H16N4O2/c25-20(22-13-17-9-5-11-26-17)18-14-24(16-7-2-1-3-8-16)23-19(18)15-6-4-10-21-12-15/h1-12,14H,13H2,(H,22,25). The van der Waals surface area contributed by atoms with Crippen LogP contribution in [-0.4, -0.2) is 20.7 Å². The zero-order valence-corrected chi connectivity index (χ0v) is 13.9. The number of aromatic nitrogens is 3. The molecule has 0 fully saturated rings. The second-order valence-electron chi connectivity index (χ2n) is 5.68. The third-order valence-electron chi connectivity index (χ3n) is 3.92. The number of hydrogen-bond acceptors (Lipinski definition) is 4. The Bertz CT molecular complexity index is 993.